The second-order valence-corrected chi connectivity index (χ2v) is 29.6. The Morgan fingerprint density at radius 3 is 1.29 bits per heavy atom. The second kappa shape index (κ2) is 20.7. The molecule has 0 saturated heterocycles. The number of fused-ring (bicyclic) bond motifs is 12. The molecule has 2 unspecified atom stereocenters. The SMILES string of the molecule is C1=CC2Oc3ccc(-n4c5ccc(-c6ccc7sc8ccc(-c9cccc(-c%10cccc([SiH-](c%11ccccc%11)(c%11ccccc%11)c%11ccccc%11)c%10)c9)cc8c7c6)cc5c5cc(-c6ccc7c(c6)c6ccccc6n7-c6ccccc6)ccc54)cc3C2C=C1. The zero-order valence-electron chi connectivity index (χ0n) is 48.6. The van der Waals surface area contributed by atoms with E-state index < -0.39 is 8.07 Å². The Morgan fingerprint density at radius 2 is 0.719 bits per heavy atom. The molecule has 0 saturated carbocycles. The molecular weight excluding hydrogens is 1110 g/mol. The number of thiophene rings is 1. The normalized spacial score (nSPS) is 14.7. The molecule has 1 aliphatic heterocycles. The van der Waals surface area contributed by atoms with Crippen LogP contribution in [0.5, 0.6) is 5.75 Å². The van der Waals surface area contributed by atoms with Crippen LogP contribution in [0, 0.1) is 0 Å². The van der Waals surface area contributed by atoms with Gasteiger partial charge in [-0.05, 0) is 95.6 Å². The Labute approximate surface area is 521 Å². The van der Waals surface area contributed by atoms with E-state index in [1.54, 1.807) is 0 Å². The van der Waals surface area contributed by atoms with Crippen molar-refractivity contribution < 1.29 is 4.74 Å². The average molecular weight is 1170 g/mol. The predicted molar refractivity (Wildman–Crippen MR) is 380 cm³/mol. The average Bonchev–Trinajstić information content (AvgIpc) is 1.82. The molecular formula is C84H57N2OSSi-. The number of hydrogen-bond donors (Lipinski definition) is 0. The number of rotatable bonds is 10. The van der Waals surface area contributed by atoms with E-state index in [-0.39, 0.29) is 12.0 Å². The first-order chi connectivity index (χ1) is 44.1. The van der Waals surface area contributed by atoms with E-state index in [2.05, 4.69) is 337 Å². The molecule has 420 valence electrons. The van der Waals surface area contributed by atoms with E-state index in [0.29, 0.717) is 0 Å². The van der Waals surface area contributed by atoms with Gasteiger partial charge in [0.25, 0.3) is 0 Å². The summed E-state index contributed by atoms with van der Waals surface area (Å²) in [6, 6.07) is 114. The number of para-hydroxylation sites is 2. The van der Waals surface area contributed by atoms with E-state index in [0.717, 1.165) is 17.1 Å². The molecule has 1 aliphatic carbocycles. The molecule has 18 rings (SSSR count). The Hall–Kier alpha value is -10.8. The molecule has 0 spiro atoms. The molecule has 0 bridgehead atoms. The zero-order valence-corrected chi connectivity index (χ0v) is 50.6. The van der Waals surface area contributed by atoms with Gasteiger partial charge < -0.3 is 13.9 Å². The van der Waals surface area contributed by atoms with Gasteiger partial charge in [0, 0.05) is 44.4 Å². The predicted octanol–water partition coefficient (Wildman–Crippen LogP) is 19.0. The van der Waals surface area contributed by atoms with Crippen LogP contribution in [-0.4, -0.2) is 23.3 Å². The molecule has 5 heteroatoms. The van der Waals surface area contributed by atoms with Gasteiger partial charge >= 0.3 is 258 Å². The minimum absolute atomic E-state index is 0.0202. The number of allylic oxidation sites excluding steroid dienone is 2. The summed E-state index contributed by atoms with van der Waals surface area (Å²) >= 11 is 1.87. The first-order valence-electron chi connectivity index (χ1n) is 30.9. The van der Waals surface area contributed by atoms with Gasteiger partial charge in [0.1, 0.15) is 11.9 Å². The maximum atomic E-state index is 6.47. The summed E-state index contributed by atoms with van der Waals surface area (Å²) in [7, 11) is -3.15. The molecule has 0 radical (unpaired) electrons. The fourth-order valence-corrected chi connectivity index (χ4v) is 21.8. The van der Waals surface area contributed by atoms with Crippen molar-refractivity contribution in [3.8, 4) is 61.6 Å². The van der Waals surface area contributed by atoms with Crippen LogP contribution in [0.1, 0.15) is 11.5 Å². The Balaban J connectivity index is 0.742. The van der Waals surface area contributed by atoms with E-state index in [1.165, 1.54) is 135 Å². The van der Waals surface area contributed by atoms with E-state index in [4.69, 9.17) is 4.74 Å². The molecule has 13 aromatic carbocycles. The molecule has 3 nitrogen and oxygen atoms in total. The first-order valence-corrected chi connectivity index (χ1v) is 34.1. The number of ether oxygens (including phenoxy) is 1. The van der Waals surface area contributed by atoms with Crippen LogP contribution in [-0.2, 0) is 0 Å². The fraction of sp³-hybridized carbons (Fsp3) is 0.0238. The third kappa shape index (κ3) is 8.30. The van der Waals surface area contributed by atoms with Gasteiger partial charge in [-0.1, -0.05) is 78.9 Å². The maximum Gasteiger partial charge on any atom is 0.0541 e. The standard InChI is InChI=1S/C84H57N2OSSi/c1-5-22-63(23-6-1)85-77-33-15-13-31-69(77)71-49-58(35-41-78(71)85)59-36-42-79-72(50-59)73-51-60(37-43-80(73)86(79)64-40-44-82-74(54-64)70-32-14-16-34-81(70)87-82)62-39-46-84-76(53-62)75-52-61(38-45-83(75)88-84)56-20-17-19-55(47-56)57-21-18-30-68(48-57)89(65-24-7-2-8-25-65,66-26-9-3-10-27-66)67-28-11-4-12-29-67/h1-54,70,81,89H/q-1. The monoisotopic (exact) mass is 1170 g/mol. The number of benzene rings is 13. The summed E-state index contributed by atoms with van der Waals surface area (Å²) in [5, 5.41) is 13.1. The quantitative estimate of drug-likeness (QED) is 0.0986. The van der Waals surface area contributed by atoms with Crippen molar-refractivity contribution >= 4 is 104 Å². The van der Waals surface area contributed by atoms with Crippen molar-refractivity contribution in [2.75, 3.05) is 0 Å². The largest absolute Gasteiger partial charge is 0.309 e. The van der Waals surface area contributed by atoms with Gasteiger partial charge in [0.05, 0.1) is 22.1 Å². The van der Waals surface area contributed by atoms with Gasteiger partial charge in [-0.15, -0.1) is 0 Å². The van der Waals surface area contributed by atoms with Gasteiger partial charge in [0.2, 0.25) is 0 Å². The van der Waals surface area contributed by atoms with Crippen molar-refractivity contribution in [3.05, 3.63) is 333 Å². The van der Waals surface area contributed by atoms with Crippen molar-refractivity contribution in [1.82, 2.24) is 9.13 Å². The maximum absolute atomic E-state index is 6.47. The number of nitrogens with zero attached hydrogens (tertiary/aromatic N) is 2. The molecule has 89 heavy (non-hydrogen) atoms. The molecule has 0 N–H and O–H groups in total. The van der Waals surface area contributed by atoms with Crippen molar-refractivity contribution in [2.45, 2.75) is 12.0 Å². The Bertz CT molecular complexity index is 5450. The number of hydrogen-bond acceptors (Lipinski definition) is 2. The number of aromatic nitrogens is 2. The fourth-order valence-electron chi connectivity index (χ4n) is 15.2. The molecule has 0 amide bonds. The third-order valence-corrected chi connectivity index (χ3v) is 26.0. The van der Waals surface area contributed by atoms with Crippen molar-refractivity contribution in [3.63, 3.8) is 0 Å². The van der Waals surface area contributed by atoms with Crippen LogP contribution in [0.4, 0.5) is 0 Å². The van der Waals surface area contributed by atoms with E-state index in [1.807, 2.05) is 11.3 Å². The van der Waals surface area contributed by atoms with Gasteiger partial charge in [-0.3, -0.25) is 0 Å². The van der Waals surface area contributed by atoms with E-state index >= 15 is 0 Å². The summed E-state index contributed by atoms with van der Waals surface area (Å²) in [5.74, 6) is 1.15. The van der Waals surface area contributed by atoms with Crippen LogP contribution in [0.3, 0.4) is 0 Å². The Morgan fingerprint density at radius 1 is 0.292 bits per heavy atom. The molecule has 2 atom stereocenters. The first kappa shape index (κ1) is 51.4. The van der Waals surface area contributed by atoms with Crippen LogP contribution in [0.25, 0.3) is 120 Å². The molecule has 4 heterocycles. The summed E-state index contributed by atoms with van der Waals surface area (Å²) < 4.78 is 13.9. The zero-order chi connectivity index (χ0) is 58.6. The minimum atomic E-state index is -3.15. The van der Waals surface area contributed by atoms with Crippen molar-refractivity contribution in [2.24, 2.45) is 0 Å². The summed E-state index contributed by atoms with van der Waals surface area (Å²) in [5.41, 5.74) is 17.9. The van der Waals surface area contributed by atoms with E-state index in [9.17, 15) is 0 Å². The second-order valence-electron chi connectivity index (χ2n) is 24.1. The minimum Gasteiger partial charge on any atom is -0.309 e. The van der Waals surface area contributed by atoms with Crippen LogP contribution < -0.4 is 25.5 Å². The van der Waals surface area contributed by atoms with Crippen LogP contribution >= 0.6 is 11.3 Å². The van der Waals surface area contributed by atoms with Gasteiger partial charge in [-0.2, -0.15) is 0 Å². The molecule has 2 aliphatic rings. The summed E-state index contributed by atoms with van der Waals surface area (Å²) in [6.07, 6.45) is 8.72. The van der Waals surface area contributed by atoms with Crippen molar-refractivity contribution in [1.29, 1.82) is 0 Å². The van der Waals surface area contributed by atoms with Crippen LogP contribution in [0.15, 0.2) is 328 Å². The van der Waals surface area contributed by atoms with Gasteiger partial charge in [-0.25, -0.2) is 0 Å². The molecule has 16 aromatic rings. The topological polar surface area (TPSA) is 19.1 Å². The van der Waals surface area contributed by atoms with Crippen LogP contribution in [0.2, 0.25) is 0 Å². The smallest absolute Gasteiger partial charge is 0.0541 e. The summed E-state index contributed by atoms with van der Waals surface area (Å²) in [4.78, 5) is 0. The third-order valence-electron chi connectivity index (χ3n) is 19.4. The molecule has 3 aromatic heterocycles. The Kier molecular flexibility index (Phi) is 11.9. The van der Waals surface area contributed by atoms with Gasteiger partial charge in [0.15, 0.2) is 0 Å². The summed E-state index contributed by atoms with van der Waals surface area (Å²) in [6.45, 7) is 0. The molecule has 0 fully saturated rings.